The standard InChI is InChI=1S/C36H69N/c1-4-7-10-13-16-19-22-25-28-31-34-37(35-32-29-26-23-20-17-14-11-8-5-2)36-33-30-27-24-21-18-15-12-9-6-3/h31-36H,4-30H2,1-3H3. The molecular weight excluding hydrogens is 446 g/mol. The van der Waals surface area contributed by atoms with E-state index in [4.69, 9.17) is 0 Å². The first-order chi connectivity index (χ1) is 18.3. The molecule has 37 heavy (non-hydrogen) atoms. The van der Waals surface area contributed by atoms with Gasteiger partial charge in [0.2, 0.25) is 0 Å². The summed E-state index contributed by atoms with van der Waals surface area (Å²) in [5.41, 5.74) is 0. The molecule has 0 aromatic carbocycles. The van der Waals surface area contributed by atoms with Crippen molar-refractivity contribution >= 4 is 0 Å². The lowest BCUT2D eigenvalue weighted by Gasteiger charge is -2.10. The minimum Gasteiger partial charge on any atom is -0.332 e. The Kier molecular flexibility index (Phi) is 32.2. The van der Waals surface area contributed by atoms with Crippen LogP contribution in [-0.2, 0) is 0 Å². The molecule has 0 aliphatic carbocycles. The first-order valence-corrected chi connectivity index (χ1v) is 17.1. The van der Waals surface area contributed by atoms with Crippen LogP contribution in [0.25, 0.3) is 0 Å². The molecule has 1 nitrogen and oxygen atoms in total. The van der Waals surface area contributed by atoms with E-state index >= 15 is 0 Å². The quantitative estimate of drug-likeness (QED) is 0.0859. The SMILES string of the molecule is CCCCCCCCCCC=CN(C=CCCCCCCCCCC)C=CCCCCCCCCCC. The summed E-state index contributed by atoms with van der Waals surface area (Å²) in [4.78, 5) is 2.31. The number of hydrogen-bond acceptors (Lipinski definition) is 1. The van der Waals surface area contributed by atoms with Crippen LogP contribution >= 0.6 is 0 Å². The second-order valence-corrected chi connectivity index (χ2v) is 11.4. The molecule has 0 unspecified atom stereocenters. The molecule has 1 heteroatoms. The van der Waals surface area contributed by atoms with Gasteiger partial charge in [0, 0.05) is 18.6 Å². The van der Waals surface area contributed by atoms with Crippen LogP contribution in [0.3, 0.4) is 0 Å². The molecule has 0 radical (unpaired) electrons. The Bertz CT molecular complexity index is 418. The van der Waals surface area contributed by atoms with Crippen LogP contribution < -0.4 is 0 Å². The van der Waals surface area contributed by atoms with Crippen molar-refractivity contribution in [1.29, 1.82) is 0 Å². The van der Waals surface area contributed by atoms with Gasteiger partial charge < -0.3 is 4.90 Å². The summed E-state index contributed by atoms with van der Waals surface area (Å²) in [6, 6.07) is 0. The lowest BCUT2D eigenvalue weighted by Crippen LogP contribution is -1.99. The predicted molar refractivity (Wildman–Crippen MR) is 171 cm³/mol. The van der Waals surface area contributed by atoms with Crippen molar-refractivity contribution in [3.05, 3.63) is 36.8 Å². The van der Waals surface area contributed by atoms with Gasteiger partial charge >= 0.3 is 0 Å². The Morgan fingerprint density at radius 1 is 0.297 bits per heavy atom. The number of rotatable bonds is 30. The van der Waals surface area contributed by atoms with Gasteiger partial charge in [0.1, 0.15) is 0 Å². The molecule has 0 amide bonds. The summed E-state index contributed by atoms with van der Waals surface area (Å²) in [5.74, 6) is 0. The van der Waals surface area contributed by atoms with E-state index in [1.165, 1.54) is 173 Å². The molecule has 0 spiro atoms. The van der Waals surface area contributed by atoms with E-state index in [2.05, 4.69) is 62.5 Å². The fourth-order valence-electron chi connectivity index (χ4n) is 4.93. The van der Waals surface area contributed by atoms with Gasteiger partial charge in [-0.05, 0) is 38.5 Å². The van der Waals surface area contributed by atoms with E-state index in [1.54, 1.807) is 0 Å². The molecule has 0 saturated carbocycles. The molecule has 0 rings (SSSR count). The van der Waals surface area contributed by atoms with Crippen molar-refractivity contribution in [3.63, 3.8) is 0 Å². The smallest absolute Gasteiger partial charge is 0.00417 e. The maximum Gasteiger partial charge on any atom is 0.00417 e. The first kappa shape index (κ1) is 36.0. The highest BCUT2D eigenvalue weighted by Crippen LogP contribution is 2.13. The second kappa shape index (κ2) is 33.0. The van der Waals surface area contributed by atoms with Gasteiger partial charge in [0.05, 0.1) is 0 Å². The number of nitrogens with zero attached hydrogens (tertiary/aromatic N) is 1. The van der Waals surface area contributed by atoms with E-state index in [1.807, 2.05) is 0 Å². The Morgan fingerprint density at radius 3 is 0.757 bits per heavy atom. The molecule has 0 aromatic heterocycles. The average Bonchev–Trinajstić information content (AvgIpc) is 2.91. The fourth-order valence-corrected chi connectivity index (χ4v) is 4.93. The molecule has 218 valence electrons. The molecule has 0 fully saturated rings. The molecule has 0 bridgehead atoms. The summed E-state index contributed by atoms with van der Waals surface area (Å²) >= 11 is 0. The van der Waals surface area contributed by atoms with Crippen LogP contribution in [0.1, 0.15) is 194 Å². The molecule has 0 aliphatic heterocycles. The molecule has 0 atom stereocenters. The fraction of sp³-hybridized carbons (Fsp3) is 0.833. The topological polar surface area (TPSA) is 3.24 Å². The Morgan fingerprint density at radius 2 is 0.514 bits per heavy atom. The number of hydrogen-bond donors (Lipinski definition) is 0. The minimum absolute atomic E-state index is 1.21. The van der Waals surface area contributed by atoms with Gasteiger partial charge in [-0.15, -0.1) is 0 Å². The van der Waals surface area contributed by atoms with Crippen LogP contribution in [-0.4, -0.2) is 4.90 Å². The Labute approximate surface area is 235 Å². The van der Waals surface area contributed by atoms with Crippen molar-refractivity contribution < 1.29 is 0 Å². The Balaban J connectivity index is 4.16. The van der Waals surface area contributed by atoms with E-state index in [0.29, 0.717) is 0 Å². The van der Waals surface area contributed by atoms with Gasteiger partial charge in [-0.2, -0.15) is 0 Å². The third kappa shape index (κ3) is 31.1. The highest BCUT2D eigenvalue weighted by Gasteiger charge is 1.94. The average molecular weight is 516 g/mol. The zero-order valence-electron chi connectivity index (χ0n) is 26.0. The highest BCUT2D eigenvalue weighted by molar-refractivity contribution is 4.99. The van der Waals surface area contributed by atoms with Crippen LogP contribution in [0.2, 0.25) is 0 Å². The van der Waals surface area contributed by atoms with Gasteiger partial charge in [-0.3, -0.25) is 0 Å². The van der Waals surface area contributed by atoms with Crippen molar-refractivity contribution in [3.8, 4) is 0 Å². The maximum absolute atomic E-state index is 2.39. The summed E-state index contributed by atoms with van der Waals surface area (Å²) in [6.45, 7) is 6.90. The third-order valence-corrected chi connectivity index (χ3v) is 7.51. The maximum atomic E-state index is 2.39. The minimum atomic E-state index is 1.21. The molecule has 0 aromatic rings. The zero-order valence-corrected chi connectivity index (χ0v) is 26.0. The van der Waals surface area contributed by atoms with Gasteiger partial charge in [0.15, 0.2) is 0 Å². The molecule has 0 N–H and O–H groups in total. The van der Waals surface area contributed by atoms with E-state index in [-0.39, 0.29) is 0 Å². The first-order valence-electron chi connectivity index (χ1n) is 17.1. The molecule has 0 saturated heterocycles. The number of unbranched alkanes of at least 4 members (excludes halogenated alkanes) is 24. The highest BCUT2D eigenvalue weighted by atomic mass is 15.1. The van der Waals surface area contributed by atoms with Crippen molar-refractivity contribution in [2.24, 2.45) is 0 Å². The van der Waals surface area contributed by atoms with Crippen molar-refractivity contribution in [1.82, 2.24) is 4.90 Å². The summed E-state index contributed by atoms with van der Waals surface area (Å²) < 4.78 is 0. The van der Waals surface area contributed by atoms with Crippen LogP contribution in [0, 0.1) is 0 Å². The van der Waals surface area contributed by atoms with Crippen LogP contribution in [0.5, 0.6) is 0 Å². The molecular formula is C36H69N. The molecule has 0 aliphatic rings. The monoisotopic (exact) mass is 516 g/mol. The summed E-state index contributed by atoms with van der Waals surface area (Å²) in [7, 11) is 0. The molecule has 0 heterocycles. The van der Waals surface area contributed by atoms with E-state index in [0.717, 1.165) is 0 Å². The van der Waals surface area contributed by atoms with Gasteiger partial charge in [0.25, 0.3) is 0 Å². The van der Waals surface area contributed by atoms with E-state index < -0.39 is 0 Å². The number of allylic oxidation sites excluding steroid dienone is 3. The van der Waals surface area contributed by atoms with Gasteiger partial charge in [-0.25, -0.2) is 0 Å². The summed E-state index contributed by atoms with van der Waals surface area (Å²) in [5, 5.41) is 0. The van der Waals surface area contributed by atoms with Crippen LogP contribution in [0.4, 0.5) is 0 Å². The largest absolute Gasteiger partial charge is 0.332 e. The normalized spacial score (nSPS) is 12.1. The summed E-state index contributed by atoms with van der Waals surface area (Å²) in [6.07, 6.45) is 51.3. The van der Waals surface area contributed by atoms with Gasteiger partial charge in [-0.1, -0.05) is 174 Å². The predicted octanol–water partition coefficient (Wildman–Crippen LogP) is 13.4. The lowest BCUT2D eigenvalue weighted by molar-refractivity contribution is 0.573. The van der Waals surface area contributed by atoms with E-state index in [9.17, 15) is 0 Å². The third-order valence-electron chi connectivity index (χ3n) is 7.51. The lowest BCUT2D eigenvalue weighted by atomic mass is 10.1. The Hall–Kier alpha value is -0.980. The second-order valence-electron chi connectivity index (χ2n) is 11.4. The van der Waals surface area contributed by atoms with Crippen molar-refractivity contribution in [2.45, 2.75) is 194 Å². The van der Waals surface area contributed by atoms with Crippen molar-refractivity contribution in [2.75, 3.05) is 0 Å². The van der Waals surface area contributed by atoms with Crippen LogP contribution in [0.15, 0.2) is 36.8 Å². The zero-order chi connectivity index (χ0) is 26.9.